The number of aldehydes is 1. The first-order valence-corrected chi connectivity index (χ1v) is 9.96. The van der Waals surface area contributed by atoms with Gasteiger partial charge in [-0.2, -0.15) is 8.78 Å². The molecule has 0 bridgehead atoms. The van der Waals surface area contributed by atoms with E-state index in [2.05, 4.69) is 31.3 Å². The van der Waals surface area contributed by atoms with Crippen LogP contribution >= 0.6 is 15.9 Å². The van der Waals surface area contributed by atoms with E-state index >= 15 is 0 Å². The number of nitrogens with one attached hydrogen (secondary N) is 2. The van der Waals surface area contributed by atoms with Crippen molar-refractivity contribution in [2.75, 3.05) is 6.54 Å². The third kappa shape index (κ3) is 5.29. The minimum atomic E-state index is -3.02. The highest BCUT2D eigenvalue weighted by molar-refractivity contribution is 9.10. The van der Waals surface area contributed by atoms with Crippen LogP contribution in [0.3, 0.4) is 0 Å². The Morgan fingerprint density at radius 3 is 2.71 bits per heavy atom. The average Bonchev–Trinajstić information content (AvgIpc) is 2.96. The van der Waals surface area contributed by atoms with Crippen LogP contribution < -0.4 is 20.9 Å². The molecule has 0 aliphatic heterocycles. The van der Waals surface area contributed by atoms with Gasteiger partial charge in [0.05, 0.1) is 24.0 Å². The normalized spacial score (nSPS) is 11.0. The van der Waals surface area contributed by atoms with Gasteiger partial charge in [0.15, 0.2) is 0 Å². The molecule has 3 aromatic rings. The number of hydrogen-bond donors (Lipinski definition) is 2. The zero-order valence-corrected chi connectivity index (χ0v) is 18.0. The molecule has 0 unspecified atom stereocenters. The van der Waals surface area contributed by atoms with E-state index < -0.39 is 12.6 Å². The quantitative estimate of drug-likeness (QED) is 0.468. The lowest BCUT2D eigenvalue weighted by Gasteiger charge is -2.16. The topological polar surface area (TPSA) is 94.4 Å². The summed E-state index contributed by atoms with van der Waals surface area (Å²) in [5, 5.41) is 5.41. The summed E-state index contributed by atoms with van der Waals surface area (Å²) in [6, 6.07) is 9.23. The first-order chi connectivity index (χ1) is 14.8. The smallest absolute Gasteiger partial charge is 0.387 e. The molecule has 0 saturated heterocycles. The Labute approximate surface area is 183 Å². The molecule has 0 saturated carbocycles. The van der Waals surface area contributed by atoms with Gasteiger partial charge in [-0.3, -0.25) is 14.2 Å². The predicted octanol–water partition coefficient (Wildman–Crippen LogP) is 2.75. The molecule has 1 aromatic heterocycles. The van der Waals surface area contributed by atoms with Crippen molar-refractivity contribution in [3.8, 4) is 5.75 Å². The fourth-order valence-corrected chi connectivity index (χ4v) is 3.50. The number of carbonyl (C=O) groups is 2. The lowest BCUT2D eigenvalue weighted by Crippen LogP contribution is -2.35. The first-order valence-electron chi connectivity index (χ1n) is 9.17. The number of hydrogen-bond acceptors (Lipinski definition) is 4. The van der Waals surface area contributed by atoms with Crippen molar-refractivity contribution in [3.05, 3.63) is 62.4 Å². The molecule has 0 fully saturated rings. The van der Waals surface area contributed by atoms with Crippen LogP contribution in [0.5, 0.6) is 5.75 Å². The lowest BCUT2D eigenvalue weighted by atomic mass is 10.1. The average molecular weight is 497 g/mol. The van der Waals surface area contributed by atoms with Gasteiger partial charge in [0.25, 0.3) is 5.56 Å². The number of rotatable bonds is 8. The SMILES string of the molecule is Cn1c(=O)c2ccc(Br)cc2n1Cc1cc(CNC(=O)NCC=O)ccc1OC(F)F. The molecule has 0 spiro atoms. The number of nitrogens with zero attached hydrogens (tertiary/aromatic N) is 2. The minimum absolute atomic E-state index is 0.0338. The van der Waals surface area contributed by atoms with Gasteiger partial charge in [0.1, 0.15) is 12.0 Å². The molecule has 8 nitrogen and oxygen atoms in total. The van der Waals surface area contributed by atoms with Crippen LogP contribution in [-0.2, 0) is 24.9 Å². The van der Waals surface area contributed by atoms with Crippen LogP contribution in [-0.4, -0.2) is 34.8 Å². The second-order valence-electron chi connectivity index (χ2n) is 6.60. The maximum atomic E-state index is 12.9. The molecule has 0 atom stereocenters. The van der Waals surface area contributed by atoms with E-state index in [9.17, 15) is 23.2 Å². The molecule has 0 aliphatic carbocycles. The van der Waals surface area contributed by atoms with Gasteiger partial charge in [0.2, 0.25) is 0 Å². The van der Waals surface area contributed by atoms with Crippen molar-refractivity contribution in [1.82, 2.24) is 20.0 Å². The largest absolute Gasteiger partial charge is 0.434 e. The van der Waals surface area contributed by atoms with Crippen LogP contribution in [0, 0.1) is 0 Å². The highest BCUT2D eigenvalue weighted by Gasteiger charge is 2.16. The standard InChI is InChI=1S/C20H19BrF2N4O4/c1-26-18(29)15-4-3-14(21)9-16(15)27(26)11-13-8-12(2-5-17(13)31-19(22)23)10-25-20(30)24-6-7-28/h2-5,7-9,19H,6,10-11H2,1H3,(H2,24,25,30). The van der Waals surface area contributed by atoms with E-state index in [1.54, 1.807) is 42.1 Å². The molecule has 0 aliphatic rings. The summed E-state index contributed by atoms with van der Waals surface area (Å²) in [6.07, 6.45) is 0.554. The molecule has 11 heteroatoms. The molecule has 2 amide bonds. The number of ether oxygens (including phenoxy) is 1. The lowest BCUT2D eigenvalue weighted by molar-refractivity contribution is -0.107. The summed E-state index contributed by atoms with van der Waals surface area (Å²) >= 11 is 3.38. The Hall–Kier alpha value is -3.21. The summed E-state index contributed by atoms with van der Waals surface area (Å²) in [4.78, 5) is 34.5. The molecule has 2 N–H and O–H groups in total. The van der Waals surface area contributed by atoms with Crippen LogP contribution in [0.4, 0.5) is 13.6 Å². The number of benzene rings is 2. The van der Waals surface area contributed by atoms with Crippen molar-refractivity contribution >= 4 is 39.2 Å². The van der Waals surface area contributed by atoms with Gasteiger partial charge in [0, 0.05) is 23.6 Å². The third-order valence-electron chi connectivity index (χ3n) is 4.58. The number of fused-ring (bicyclic) bond motifs is 1. The molecule has 164 valence electrons. The summed E-state index contributed by atoms with van der Waals surface area (Å²) < 4.78 is 34.3. The Morgan fingerprint density at radius 1 is 1.23 bits per heavy atom. The van der Waals surface area contributed by atoms with Crippen LogP contribution in [0.25, 0.3) is 10.9 Å². The maximum absolute atomic E-state index is 12.9. The van der Waals surface area contributed by atoms with Crippen LogP contribution in [0.1, 0.15) is 11.1 Å². The van der Waals surface area contributed by atoms with E-state index in [4.69, 9.17) is 0 Å². The zero-order valence-electron chi connectivity index (χ0n) is 16.4. The van der Waals surface area contributed by atoms with Crippen molar-refractivity contribution in [2.45, 2.75) is 19.7 Å². The van der Waals surface area contributed by atoms with Gasteiger partial charge >= 0.3 is 12.6 Å². The molecule has 0 radical (unpaired) electrons. The highest BCUT2D eigenvalue weighted by atomic mass is 79.9. The summed E-state index contributed by atoms with van der Waals surface area (Å²) in [6.45, 7) is -2.96. The first kappa shape index (κ1) is 22.5. The highest BCUT2D eigenvalue weighted by Crippen LogP contribution is 2.25. The number of carbonyl (C=O) groups excluding carboxylic acids is 2. The third-order valence-corrected chi connectivity index (χ3v) is 5.08. The van der Waals surface area contributed by atoms with E-state index in [0.717, 1.165) is 4.47 Å². The van der Waals surface area contributed by atoms with Crippen molar-refractivity contribution in [2.24, 2.45) is 7.05 Å². The maximum Gasteiger partial charge on any atom is 0.387 e. The summed E-state index contributed by atoms with van der Waals surface area (Å²) in [7, 11) is 1.59. The monoisotopic (exact) mass is 496 g/mol. The van der Waals surface area contributed by atoms with E-state index in [1.165, 1.54) is 10.7 Å². The summed E-state index contributed by atoms with van der Waals surface area (Å²) in [5.41, 5.74) is 1.44. The van der Waals surface area contributed by atoms with E-state index in [0.29, 0.717) is 28.3 Å². The molecule has 3 rings (SSSR count). The van der Waals surface area contributed by atoms with Crippen LogP contribution in [0.15, 0.2) is 45.7 Å². The van der Waals surface area contributed by atoms with Crippen LogP contribution in [0.2, 0.25) is 0 Å². The number of urea groups is 1. The second-order valence-corrected chi connectivity index (χ2v) is 7.51. The Morgan fingerprint density at radius 2 is 2.00 bits per heavy atom. The summed E-state index contributed by atoms with van der Waals surface area (Å²) in [5.74, 6) is -0.0338. The van der Waals surface area contributed by atoms with Crippen molar-refractivity contribution < 1.29 is 23.1 Å². The molecular weight excluding hydrogens is 478 g/mol. The van der Waals surface area contributed by atoms with Gasteiger partial charge in [-0.25, -0.2) is 4.79 Å². The Bertz CT molecular complexity index is 1180. The Kier molecular flexibility index (Phi) is 7.06. The number of amides is 2. The fraction of sp³-hybridized carbons (Fsp3) is 0.250. The molecule has 1 heterocycles. The van der Waals surface area contributed by atoms with Crippen molar-refractivity contribution in [3.63, 3.8) is 0 Å². The molecule has 2 aromatic carbocycles. The van der Waals surface area contributed by atoms with Gasteiger partial charge in [-0.15, -0.1) is 0 Å². The second kappa shape index (κ2) is 9.73. The molecule has 31 heavy (non-hydrogen) atoms. The fourth-order valence-electron chi connectivity index (χ4n) is 3.15. The number of alkyl halides is 2. The minimum Gasteiger partial charge on any atom is -0.434 e. The van der Waals surface area contributed by atoms with Crippen molar-refractivity contribution in [1.29, 1.82) is 0 Å². The van der Waals surface area contributed by atoms with Gasteiger partial charge < -0.3 is 20.2 Å². The Balaban J connectivity index is 1.95. The van der Waals surface area contributed by atoms with E-state index in [1.807, 2.05) is 0 Å². The molecular formula is C20H19BrF2N4O4. The number of aromatic nitrogens is 2. The van der Waals surface area contributed by atoms with E-state index in [-0.39, 0.29) is 30.9 Å². The van der Waals surface area contributed by atoms with Gasteiger partial charge in [-0.05, 0) is 35.9 Å². The van der Waals surface area contributed by atoms with Gasteiger partial charge in [-0.1, -0.05) is 22.0 Å². The number of halogens is 3. The predicted molar refractivity (Wildman–Crippen MR) is 113 cm³/mol. The zero-order chi connectivity index (χ0) is 22.5.